The molecule has 1 amide bonds. The summed E-state index contributed by atoms with van der Waals surface area (Å²) in [6.45, 7) is 2.43. The maximum atomic E-state index is 14.1. The van der Waals surface area contributed by atoms with Crippen LogP contribution in [-0.4, -0.2) is 52.3 Å². The molecular formula is C29H28ClFN4O2S. The maximum Gasteiger partial charge on any atom is 0.266 e. The van der Waals surface area contributed by atoms with Gasteiger partial charge in [0.1, 0.15) is 5.82 Å². The van der Waals surface area contributed by atoms with Gasteiger partial charge in [0.05, 0.1) is 22.3 Å². The van der Waals surface area contributed by atoms with Crippen LogP contribution in [0.15, 0.2) is 82.7 Å². The molecule has 1 saturated heterocycles. The molecule has 0 atom stereocenters. The van der Waals surface area contributed by atoms with E-state index in [9.17, 15) is 14.0 Å². The number of thioether (sulfide) groups is 1. The average molecular weight is 551 g/mol. The summed E-state index contributed by atoms with van der Waals surface area (Å²) in [5.74, 6) is 0.619. The van der Waals surface area contributed by atoms with Crippen LogP contribution in [0.1, 0.15) is 19.3 Å². The van der Waals surface area contributed by atoms with Crippen molar-refractivity contribution in [1.29, 1.82) is 0 Å². The summed E-state index contributed by atoms with van der Waals surface area (Å²) in [5.41, 5.74) is 1.79. The van der Waals surface area contributed by atoms with E-state index in [4.69, 9.17) is 16.6 Å². The molecule has 0 N–H and O–H groups in total. The van der Waals surface area contributed by atoms with Gasteiger partial charge in [-0.3, -0.25) is 14.2 Å². The van der Waals surface area contributed by atoms with Crippen LogP contribution >= 0.6 is 23.4 Å². The third-order valence-electron chi connectivity index (χ3n) is 6.65. The molecule has 1 aromatic heterocycles. The molecule has 0 aliphatic carbocycles. The summed E-state index contributed by atoms with van der Waals surface area (Å²) >= 11 is 7.71. The third-order valence-corrected chi connectivity index (χ3v) is 7.91. The van der Waals surface area contributed by atoms with Crippen molar-refractivity contribution in [2.75, 3.05) is 36.8 Å². The Morgan fingerprint density at radius 2 is 1.71 bits per heavy atom. The summed E-state index contributed by atoms with van der Waals surface area (Å²) in [6, 6.07) is 21.3. The maximum absolute atomic E-state index is 14.1. The van der Waals surface area contributed by atoms with Crippen molar-refractivity contribution < 1.29 is 9.18 Å². The zero-order valence-corrected chi connectivity index (χ0v) is 22.4. The molecule has 1 aliphatic heterocycles. The quantitative estimate of drug-likeness (QED) is 0.158. The highest BCUT2D eigenvalue weighted by molar-refractivity contribution is 7.99. The molecule has 6 nitrogen and oxygen atoms in total. The molecular weight excluding hydrogens is 523 g/mol. The highest BCUT2D eigenvalue weighted by Gasteiger charge is 2.22. The lowest BCUT2D eigenvalue weighted by Gasteiger charge is -2.36. The Balaban J connectivity index is 1.17. The van der Waals surface area contributed by atoms with Crippen LogP contribution in [-0.2, 0) is 4.79 Å². The number of carbonyl (C=O) groups is 1. The predicted molar refractivity (Wildman–Crippen MR) is 152 cm³/mol. The summed E-state index contributed by atoms with van der Waals surface area (Å²) in [6.07, 6.45) is 2.02. The van der Waals surface area contributed by atoms with Crippen LogP contribution in [0.5, 0.6) is 0 Å². The lowest BCUT2D eigenvalue weighted by molar-refractivity contribution is -0.131. The topological polar surface area (TPSA) is 58.4 Å². The number of carbonyl (C=O) groups excluding carboxylic acids is 1. The fraction of sp³-hybridized carbons (Fsp3) is 0.276. The molecule has 2 heterocycles. The van der Waals surface area contributed by atoms with Gasteiger partial charge >= 0.3 is 0 Å². The van der Waals surface area contributed by atoms with Gasteiger partial charge in [-0.05, 0) is 55.3 Å². The molecule has 0 saturated carbocycles. The number of anilines is 1. The molecule has 0 bridgehead atoms. The van der Waals surface area contributed by atoms with E-state index in [2.05, 4.69) is 0 Å². The molecule has 1 aliphatic rings. The number of halogens is 2. The van der Waals surface area contributed by atoms with Crippen molar-refractivity contribution in [3.8, 4) is 5.69 Å². The van der Waals surface area contributed by atoms with E-state index in [-0.39, 0.29) is 17.3 Å². The average Bonchev–Trinajstić information content (AvgIpc) is 2.93. The number of para-hydroxylation sites is 2. The number of hydrogen-bond acceptors (Lipinski definition) is 5. The largest absolute Gasteiger partial charge is 0.366 e. The van der Waals surface area contributed by atoms with E-state index in [1.54, 1.807) is 34.9 Å². The van der Waals surface area contributed by atoms with Crippen LogP contribution in [0, 0.1) is 5.82 Å². The molecule has 5 rings (SSSR count). The number of piperazine rings is 1. The van der Waals surface area contributed by atoms with Crippen molar-refractivity contribution in [3.05, 3.63) is 94.0 Å². The van der Waals surface area contributed by atoms with Crippen molar-refractivity contribution in [2.45, 2.75) is 24.4 Å². The van der Waals surface area contributed by atoms with E-state index >= 15 is 0 Å². The molecule has 196 valence electrons. The van der Waals surface area contributed by atoms with Gasteiger partial charge in [-0.2, -0.15) is 0 Å². The van der Waals surface area contributed by atoms with Gasteiger partial charge in [-0.15, -0.1) is 0 Å². The Bertz CT molecular complexity index is 1500. The fourth-order valence-electron chi connectivity index (χ4n) is 4.66. The molecule has 0 radical (unpaired) electrons. The van der Waals surface area contributed by atoms with E-state index in [1.165, 1.54) is 17.8 Å². The Kier molecular flexibility index (Phi) is 8.29. The van der Waals surface area contributed by atoms with Crippen LogP contribution in [0.25, 0.3) is 16.6 Å². The Labute approximate surface area is 230 Å². The van der Waals surface area contributed by atoms with Crippen LogP contribution in [0.3, 0.4) is 0 Å². The first-order valence-corrected chi connectivity index (χ1v) is 14.1. The number of rotatable bonds is 8. The first-order valence-electron chi connectivity index (χ1n) is 12.7. The summed E-state index contributed by atoms with van der Waals surface area (Å²) in [5, 5.41) is 1.70. The van der Waals surface area contributed by atoms with Gasteiger partial charge in [-0.1, -0.05) is 53.7 Å². The lowest BCUT2D eigenvalue weighted by atomic mass is 10.2. The summed E-state index contributed by atoms with van der Waals surface area (Å²) in [4.78, 5) is 34.7. The van der Waals surface area contributed by atoms with Crippen molar-refractivity contribution >= 4 is 45.9 Å². The second-order valence-corrected chi connectivity index (χ2v) is 10.7. The second kappa shape index (κ2) is 12.0. The predicted octanol–water partition coefficient (Wildman–Crippen LogP) is 5.79. The van der Waals surface area contributed by atoms with E-state index in [1.807, 2.05) is 46.2 Å². The molecule has 3 aromatic carbocycles. The third kappa shape index (κ3) is 5.87. The van der Waals surface area contributed by atoms with Crippen LogP contribution in [0.4, 0.5) is 10.1 Å². The zero-order valence-electron chi connectivity index (χ0n) is 20.9. The minimum Gasteiger partial charge on any atom is -0.366 e. The number of aromatic nitrogens is 2. The van der Waals surface area contributed by atoms with E-state index in [0.717, 1.165) is 18.6 Å². The van der Waals surface area contributed by atoms with E-state index < -0.39 is 0 Å². The number of unbranched alkanes of at least 4 members (excludes halogenated alkanes) is 1. The minimum absolute atomic E-state index is 0.128. The highest BCUT2D eigenvalue weighted by Crippen LogP contribution is 2.24. The Morgan fingerprint density at radius 3 is 2.50 bits per heavy atom. The van der Waals surface area contributed by atoms with Gasteiger partial charge in [0.15, 0.2) is 5.16 Å². The summed E-state index contributed by atoms with van der Waals surface area (Å²) in [7, 11) is 0. The second-order valence-electron chi connectivity index (χ2n) is 9.16. The SMILES string of the molecule is O=C(CCCCSc1nc2ccccc2c(=O)n1-c1cccc(Cl)c1)N1CCN(c2ccccc2F)CC1. The van der Waals surface area contributed by atoms with Crippen LogP contribution in [0.2, 0.25) is 5.02 Å². The molecule has 1 fully saturated rings. The number of amides is 1. The number of nitrogens with zero attached hydrogens (tertiary/aromatic N) is 4. The molecule has 9 heteroatoms. The standard InChI is InChI=1S/C29H28ClFN4O2S/c30-21-8-7-9-22(20-21)35-28(37)23-10-1-3-12-25(23)32-29(35)38-19-6-5-14-27(36)34-17-15-33(16-18-34)26-13-4-2-11-24(26)31/h1-4,7-13,20H,5-6,14-19H2. The van der Waals surface area contributed by atoms with Gasteiger partial charge in [-0.25, -0.2) is 9.37 Å². The number of fused-ring (bicyclic) bond motifs is 1. The van der Waals surface area contributed by atoms with E-state index in [0.29, 0.717) is 65.1 Å². The van der Waals surface area contributed by atoms with Gasteiger partial charge in [0.25, 0.3) is 5.56 Å². The zero-order chi connectivity index (χ0) is 26.5. The normalized spacial score (nSPS) is 13.7. The number of hydrogen-bond donors (Lipinski definition) is 0. The molecule has 38 heavy (non-hydrogen) atoms. The molecule has 0 spiro atoms. The summed E-state index contributed by atoms with van der Waals surface area (Å²) < 4.78 is 15.7. The molecule has 0 unspecified atom stereocenters. The number of benzene rings is 3. The first kappa shape index (κ1) is 26.3. The lowest BCUT2D eigenvalue weighted by Crippen LogP contribution is -2.49. The minimum atomic E-state index is -0.230. The monoisotopic (exact) mass is 550 g/mol. The van der Waals surface area contributed by atoms with Crippen molar-refractivity contribution in [3.63, 3.8) is 0 Å². The smallest absolute Gasteiger partial charge is 0.266 e. The first-order chi connectivity index (χ1) is 18.5. The fourth-order valence-corrected chi connectivity index (χ4v) is 5.85. The molecule has 4 aromatic rings. The van der Waals surface area contributed by atoms with Gasteiger partial charge in [0.2, 0.25) is 5.91 Å². The van der Waals surface area contributed by atoms with Gasteiger partial charge < -0.3 is 9.80 Å². The highest BCUT2D eigenvalue weighted by atomic mass is 35.5. The van der Waals surface area contributed by atoms with Crippen LogP contribution < -0.4 is 10.5 Å². The van der Waals surface area contributed by atoms with Crippen molar-refractivity contribution in [2.24, 2.45) is 0 Å². The Hall–Kier alpha value is -3.36. The van der Waals surface area contributed by atoms with Gasteiger partial charge in [0, 0.05) is 43.4 Å². The Morgan fingerprint density at radius 1 is 0.947 bits per heavy atom. The van der Waals surface area contributed by atoms with Crippen molar-refractivity contribution in [1.82, 2.24) is 14.5 Å².